The monoisotopic (exact) mass is 316 g/mol. The van der Waals surface area contributed by atoms with Crippen LogP contribution in [0.4, 0.5) is 0 Å². The number of aromatic nitrogens is 3. The van der Waals surface area contributed by atoms with Crippen LogP contribution in [0.3, 0.4) is 0 Å². The van der Waals surface area contributed by atoms with Crippen molar-refractivity contribution >= 4 is 21.4 Å². The molecule has 0 aliphatic rings. The number of nitrogens with one attached hydrogen (secondary N) is 1. The molecule has 110 valence electrons. The Hall–Kier alpha value is -1.29. The lowest BCUT2D eigenvalue weighted by Crippen LogP contribution is -2.26. The van der Waals surface area contributed by atoms with Crippen molar-refractivity contribution in [1.82, 2.24) is 19.7 Å². The second kappa shape index (κ2) is 6.44. The van der Waals surface area contributed by atoms with Crippen LogP contribution in [0.5, 0.6) is 0 Å². The van der Waals surface area contributed by atoms with Crippen LogP contribution in [0.2, 0.25) is 0 Å². The molecule has 0 aliphatic carbocycles. The van der Waals surface area contributed by atoms with Gasteiger partial charge in [-0.05, 0) is 24.3 Å². The predicted octanol–water partition coefficient (Wildman–Crippen LogP) is 0.509. The van der Waals surface area contributed by atoms with Gasteiger partial charge in [-0.1, -0.05) is 5.21 Å². The molecule has 0 radical (unpaired) electrons. The van der Waals surface area contributed by atoms with Crippen LogP contribution < -0.4 is 4.72 Å². The van der Waals surface area contributed by atoms with E-state index in [1.54, 1.807) is 29.4 Å². The Morgan fingerprint density at radius 2 is 2.30 bits per heavy atom. The zero-order chi connectivity index (χ0) is 14.6. The fraction of sp³-hybridized carbons (Fsp3) is 0.455. The van der Waals surface area contributed by atoms with E-state index >= 15 is 0 Å². The Morgan fingerprint density at radius 1 is 1.50 bits per heavy atom. The van der Waals surface area contributed by atoms with Gasteiger partial charge in [-0.15, -0.1) is 16.4 Å². The molecule has 0 bridgehead atoms. The van der Waals surface area contributed by atoms with Crippen molar-refractivity contribution in [3.8, 4) is 0 Å². The van der Waals surface area contributed by atoms with Gasteiger partial charge in [-0.3, -0.25) is 4.68 Å². The summed E-state index contributed by atoms with van der Waals surface area (Å²) in [6.07, 6.45) is 3.91. The average molecular weight is 316 g/mol. The van der Waals surface area contributed by atoms with Crippen molar-refractivity contribution in [2.45, 2.75) is 31.4 Å². The van der Waals surface area contributed by atoms with Crippen LogP contribution in [0, 0.1) is 6.92 Å². The van der Waals surface area contributed by atoms with Gasteiger partial charge in [0.25, 0.3) is 0 Å². The third-order valence-corrected chi connectivity index (χ3v) is 5.64. The van der Waals surface area contributed by atoms with E-state index in [4.69, 9.17) is 0 Å². The summed E-state index contributed by atoms with van der Waals surface area (Å²) in [7, 11) is -3.58. The lowest BCUT2D eigenvalue weighted by Gasteiger charge is -2.08. The molecule has 0 atom stereocenters. The number of aliphatic hydroxyl groups is 1. The molecular formula is C11H16N4O3S2. The van der Waals surface area contributed by atoms with E-state index in [1.807, 2.05) is 0 Å². The summed E-state index contributed by atoms with van der Waals surface area (Å²) in [5.41, 5.74) is 0.655. The minimum atomic E-state index is -3.58. The summed E-state index contributed by atoms with van der Waals surface area (Å²) >= 11 is 1.25. The lowest BCUT2D eigenvalue weighted by atomic mass is 10.3. The van der Waals surface area contributed by atoms with Crippen molar-refractivity contribution < 1.29 is 13.5 Å². The minimum absolute atomic E-state index is 0.200. The maximum atomic E-state index is 12.2. The van der Waals surface area contributed by atoms with Crippen molar-refractivity contribution in [2.75, 3.05) is 6.54 Å². The highest BCUT2D eigenvalue weighted by Gasteiger charge is 2.21. The first kappa shape index (κ1) is 15.1. The summed E-state index contributed by atoms with van der Waals surface area (Å²) in [6, 6.07) is 0. The fourth-order valence-corrected chi connectivity index (χ4v) is 4.56. The highest BCUT2D eigenvalue weighted by molar-refractivity contribution is 7.89. The van der Waals surface area contributed by atoms with E-state index in [0.29, 0.717) is 30.0 Å². The van der Waals surface area contributed by atoms with Crippen molar-refractivity contribution in [3.63, 3.8) is 0 Å². The normalized spacial score (nSPS) is 11.9. The first-order valence-electron chi connectivity index (χ1n) is 6.06. The van der Waals surface area contributed by atoms with Gasteiger partial charge in [-0.25, -0.2) is 13.1 Å². The Kier molecular flexibility index (Phi) is 4.86. The summed E-state index contributed by atoms with van der Waals surface area (Å²) < 4.78 is 28.6. The molecule has 7 nitrogen and oxygen atoms in total. The van der Waals surface area contributed by atoms with E-state index < -0.39 is 10.0 Å². The molecular weight excluding hydrogens is 300 g/mol. The third kappa shape index (κ3) is 3.42. The zero-order valence-corrected chi connectivity index (χ0v) is 12.6. The van der Waals surface area contributed by atoms with Crippen LogP contribution in [0.15, 0.2) is 22.7 Å². The van der Waals surface area contributed by atoms with E-state index in [1.165, 1.54) is 11.3 Å². The molecule has 20 heavy (non-hydrogen) atoms. The van der Waals surface area contributed by atoms with Gasteiger partial charge in [0.05, 0.1) is 17.7 Å². The number of hydrogen-bond donors (Lipinski definition) is 2. The maximum Gasteiger partial charge on any atom is 0.242 e. The Balaban J connectivity index is 1.95. The van der Waals surface area contributed by atoms with Crippen molar-refractivity contribution in [1.29, 1.82) is 0 Å². The quantitative estimate of drug-likeness (QED) is 0.725. The van der Waals surface area contributed by atoms with E-state index in [2.05, 4.69) is 15.0 Å². The van der Waals surface area contributed by atoms with E-state index in [9.17, 15) is 13.5 Å². The number of aryl methyl sites for hydroxylation is 2. The third-order valence-electron chi connectivity index (χ3n) is 2.73. The molecule has 2 rings (SSSR count). The predicted molar refractivity (Wildman–Crippen MR) is 74.8 cm³/mol. The molecule has 2 N–H and O–H groups in total. The van der Waals surface area contributed by atoms with Gasteiger partial charge < -0.3 is 5.11 Å². The average Bonchev–Trinajstić information content (AvgIpc) is 3.03. The van der Waals surface area contributed by atoms with Gasteiger partial charge in [0.2, 0.25) is 10.0 Å². The van der Waals surface area contributed by atoms with Gasteiger partial charge in [0, 0.05) is 19.3 Å². The zero-order valence-electron chi connectivity index (χ0n) is 11.0. The van der Waals surface area contributed by atoms with Gasteiger partial charge >= 0.3 is 0 Å². The molecule has 2 aromatic heterocycles. The molecule has 0 unspecified atom stereocenters. The number of thiophene rings is 1. The van der Waals surface area contributed by atoms with Crippen LogP contribution in [0.1, 0.15) is 16.9 Å². The summed E-state index contributed by atoms with van der Waals surface area (Å²) in [4.78, 5) is 0.664. The molecule has 0 aliphatic heterocycles. The van der Waals surface area contributed by atoms with Crippen LogP contribution in [-0.2, 0) is 23.2 Å². The summed E-state index contributed by atoms with van der Waals surface area (Å²) in [5.74, 6) is 0. The highest BCUT2D eigenvalue weighted by atomic mass is 32.2. The number of aliphatic hydroxyl groups excluding tert-OH is 1. The second-order valence-electron chi connectivity index (χ2n) is 4.25. The molecule has 0 saturated carbocycles. The molecule has 2 aromatic rings. The number of rotatable bonds is 7. The Bertz CT molecular complexity index is 649. The van der Waals surface area contributed by atoms with Crippen LogP contribution in [0.25, 0.3) is 0 Å². The molecule has 0 spiro atoms. The van der Waals surface area contributed by atoms with E-state index in [0.717, 1.165) is 0 Å². The molecule has 0 fully saturated rings. The summed E-state index contributed by atoms with van der Waals surface area (Å²) in [5, 5.41) is 18.4. The molecule has 0 aromatic carbocycles. The first-order chi connectivity index (χ1) is 9.54. The summed E-state index contributed by atoms with van der Waals surface area (Å²) in [6.45, 7) is 2.35. The van der Waals surface area contributed by atoms with Gasteiger partial charge in [0.15, 0.2) is 0 Å². The largest absolute Gasteiger partial charge is 0.391 e. The topological polar surface area (TPSA) is 97.1 Å². The Morgan fingerprint density at radius 3 is 2.95 bits per heavy atom. The number of hydrogen-bond acceptors (Lipinski definition) is 6. The highest BCUT2D eigenvalue weighted by Crippen LogP contribution is 2.26. The molecule has 9 heteroatoms. The smallest absolute Gasteiger partial charge is 0.242 e. The van der Waals surface area contributed by atoms with Crippen molar-refractivity contribution in [2.24, 2.45) is 0 Å². The molecule has 0 saturated heterocycles. The second-order valence-corrected chi connectivity index (χ2v) is 6.91. The van der Waals surface area contributed by atoms with Crippen LogP contribution in [-0.4, -0.2) is 35.1 Å². The molecule has 0 amide bonds. The number of nitrogens with zero attached hydrogens (tertiary/aromatic N) is 3. The maximum absolute atomic E-state index is 12.2. The fourth-order valence-electron chi connectivity index (χ4n) is 1.83. The standard InChI is InChI=1S/C11H16N4O3S2/c1-9-8-19-10(7-16)11(9)20(17,18)13-3-2-5-15-6-4-12-14-15/h4,6,8,13,16H,2-3,5,7H2,1H3. The van der Waals surface area contributed by atoms with Gasteiger partial charge in [0.1, 0.15) is 4.90 Å². The lowest BCUT2D eigenvalue weighted by molar-refractivity contribution is 0.282. The number of sulfonamides is 1. The first-order valence-corrected chi connectivity index (χ1v) is 8.42. The van der Waals surface area contributed by atoms with Crippen molar-refractivity contribution in [3.05, 3.63) is 28.2 Å². The SMILES string of the molecule is Cc1csc(CO)c1S(=O)(=O)NCCCn1ccnn1. The Labute approximate surface area is 121 Å². The van der Waals surface area contributed by atoms with E-state index in [-0.39, 0.29) is 11.5 Å². The van der Waals surface area contributed by atoms with Crippen LogP contribution >= 0.6 is 11.3 Å². The minimum Gasteiger partial charge on any atom is -0.391 e. The molecule has 2 heterocycles. The van der Waals surface area contributed by atoms with Gasteiger partial charge in [-0.2, -0.15) is 0 Å².